The third-order valence-corrected chi connectivity index (χ3v) is 4.71. The number of alkyl halides is 3. The fourth-order valence-corrected chi connectivity index (χ4v) is 3.39. The molecular formula is C18H23F3N6O4. The monoisotopic (exact) mass is 444 g/mol. The first-order valence-electron chi connectivity index (χ1n) is 9.52. The number of nitrogens with one attached hydrogen (secondary N) is 1. The highest BCUT2D eigenvalue weighted by Crippen LogP contribution is 2.25. The summed E-state index contributed by atoms with van der Waals surface area (Å²) in [5, 5.41) is 14.2. The van der Waals surface area contributed by atoms with E-state index in [-0.39, 0.29) is 5.60 Å². The molecular weight excluding hydrogens is 421 g/mol. The summed E-state index contributed by atoms with van der Waals surface area (Å²) >= 11 is 0. The Hall–Kier alpha value is -2.77. The average molecular weight is 444 g/mol. The van der Waals surface area contributed by atoms with Crippen LogP contribution in [0.25, 0.3) is 0 Å². The van der Waals surface area contributed by atoms with Crippen LogP contribution >= 0.6 is 0 Å². The Bertz CT molecular complexity index is 823. The number of ether oxygens (including phenoxy) is 2. The lowest BCUT2D eigenvalue weighted by atomic mass is 10.0. The van der Waals surface area contributed by atoms with E-state index in [9.17, 15) is 13.2 Å². The maximum absolute atomic E-state index is 10.6. The molecule has 2 fully saturated rings. The van der Waals surface area contributed by atoms with Crippen molar-refractivity contribution >= 4 is 11.9 Å². The van der Waals surface area contributed by atoms with Gasteiger partial charge in [-0.2, -0.15) is 18.3 Å². The van der Waals surface area contributed by atoms with Crippen LogP contribution in [0.2, 0.25) is 0 Å². The molecule has 2 N–H and O–H groups in total. The van der Waals surface area contributed by atoms with Gasteiger partial charge in [-0.1, -0.05) is 0 Å². The van der Waals surface area contributed by atoms with Crippen molar-refractivity contribution in [3.05, 3.63) is 36.4 Å². The molecule has 0 saturated carbocycles. The van der Waals surface area contributed by atoms with Crippen molar-refractivity contribution in [1.82, 2.24) is 25.1 Å². The molecule has 13 heteroatoms. The number of halogens is 3. The lowest BCUT2D eigenvalue weighted by Crippen LogP contribution is -2.59. The van der Waals surface area contributed by atoms with E-state index in [4.69, 9.17) is 19.4 Å². The number of hydrogen-bond acceptors (Lipinski definition) is 8. The summed E-state index contributed by atoms with van der Waals surface area (Å²) < 4.78 is 43.8. The minimum atomic E-state index is -5.08. The second-order valence-corrected chi connectivity index (χ2v) is 7.15. The molecule has 10 nitrogen and oxygen atoms in total. The van der Waals surface area contributed by atoms with Gasteiger partial charge in [0.1, 0.15) is 5.60 Å². The lowest BCUT2D eigenvalue weighted by molar-refractivity contribution is -0.192. The van der Waals surface area contributed by atoms with Crippen LogP contribution in [-0.2, 0) is 20.8 Å². The van der Waals surface area contributed by atoms with Crippen LogP contribution in [0.5, 0.6) is 0 Å². The van der Waals surface area contributed by atoms with Gasteiger partial charge in [-0.25, -0.2) is 14.8 Å². The molecule has 1 spiro atoms. The Morgan fingerprint density at radius 2 is 1.94 bits per heavy atom. The first-order chi connectivity index (χ1) is 14.8. The molecule has 2 aliphatic heterocycles. The van der Waals surface area contributed by atoms with Gasteiger partial charge in [-0.05, 0) is 12.1 Å². The van der Waals surface area contributed by atoms with Crippen molar-refractivity contribution in [1.29, 1.82) is 0 Å². The van der Waals surface area contributed by atoms with Gasteiger partial charge in [0.15, 0.2) is 0 Å². The Morgan fingerprint density at radius 3 is 2.58 bits per heavy atom. The lowest BCUT2D eigenvalue weighted by Gasteiger charge is -2.43. The summed E-state index contributed by atoms with van der Waals surface area (Å²) in [7, 11) is 0. The largest absolute Gasteiger partial charge is 0.490 e. The van der Waals surface area contributed by atoms with E-state index in [0.29, 0.717) is 19.8 Å². The number of carboxylic acid groups (broad SMARTS) is 1. The van der Waals surface area contributed by atoms with Crippen molar-refractivity contribution < 1.29 is 32.5 Å². The van der Waals surface area contributed by atoms with E-state index in [0.717, 1.165) is 44.4 Å². The summed E-state index contributed by atoms with van der Waals surface area (Å²) in [6.07, 6.45) is 0.252. The highest BCUT2D eigenvalue weighted by Gasteiger charge is 2.41. The Morgan fingerprint density at radius 1 is 1.19 bits per heavy atom. The van der Waals surface area contributed by atoms with E-state index in [1.807, 2.05) is 12.1 Å². The number of carboxylic acids is 1. The van der Waals surface area contributed by atoms with Crippen molar-refractivity contribution in [3.8, 4) is 0 Å². The van der Waals surface area contributed by atoms with E-state index < -0.39 is 12.1 Å². The highest BCUT2D eigenvalue weighted by atomic mass is 19.4. The molecule has 4 heterocycles. The summed E-state index contributed by atoms with van der Waals surface area (Å²) in [5.41, 5.74) is 0.750. The first-order valence-corrected chi connectivity index (χ1v) is 9.52. The van der Waals surface area contributed by atoms with Crippen LogP contribution in [0.1, 0.15) is 5.69 Å². The molecule has 0 radical (unpaired) electrons. The fraction of sp³-hybridized carbons (Fsp3) is 0.556. The van der Waals surface area contributed by atoms with Crippen LogP contribution in [0.15, 0.2) is 30.7 Å². The van der Waals surface area contributed by atoms with Gasteiger partial charge in [0.25, 0.3) is 0 Å². The number of anilines is 1. The molecule has 2 saturated heterocycles. The summed E-state index contributed by atoms with van der Waals surface area (Å²) in [6, 6.07) is 3.84. The standard InChI is InChI=1S/C16H22N6O2.C2HF3O2/c1-3-17-15(18-4-1)22-7-9-24-16(12-22)11-21(6-8-23-13-16)10-14-2-5-19-20-14;3-2(4,5)1(6)7/h1-5H,6-13H2,(H,19,20);(H,6,7). The topological polar surface area (TPSA) is 117 Å². The van der Waals surface area contributed by atoms with E-state index in [1.54, 1.807) is 18.6 Å². The predicted octanol–water partition coefficient (Wildman–Crippen LogP) is 0.941. The minimum Gasteiger partial charge on any atom is -0.475 e. The Balaban J connectivity index is 0.000000339. The summed E-state index contributed by atoms with van der Waals surface area (Å²) in [4.78, 5) is 22.2. The summed E-state index contributed by atoms with van der Waals surface area (Å²) in [6.45, 7) is 6.00. The number of carbonyl (C=O) groups is 1. The molecule has 170 valence electrons. The molecule has 4 rings (SSSR count). The number of H-pyrrole nitrogens is 1. The van der Waals surface area contributed by atoms with Crippen molar-refractivity contribution in [2.75, 3.05) is 50.9 Å². The molecule has 2 aromatic rings. The van der Waals surface area contributed by atoms with Crippen LogP contribution in [0.3, 0.4) is 0 Å². The number of aromatic nitrogens is 4. The van der Waals surface area contributed by atoms with Gasteiger partial charge in [-0.15, -0.1) is 0 Å². The third kappa shape index (κ3) is 6.60. The number of aromatic amines is 1. The van der Waals surface area contributed by atoms with Gasteiger partial charge >= 0.3 is 12.1 Å². The predicted molar refractivity (Wildman–Crippen MR) is 101 cm³/mol. The van der Waals surface area contributed by atoms with E-state index in [1.165, 1.54) is 0 Å². The summed E-state index contributed by atoms with van der Waals surface area (Å²) in [5.74, 6) is -2.00. The zero-order chi connectivity index (χ0) is 22.3. The van der Waals surface area contributed by atoms with Crippen LogP contribution in [-0.4, -0.2) is 93.9 Å². The Kier molecular flexibility index (Phi) is 7.41. The number of morpholine rings is 1. The van der Waals surface area contributed by atoms with Crippen molar-refractivity contribution in [3.63, 3.8) is 0 Å². The number of rotatable bonds is 3. The highest BCUT2D eigenvalue weighted by molar-refractivity contribution is 5.73. The molecule has 1 atom stereocenters. The average Bonchev–Trinajstić information content (AvgIpc) is 3.17. The zero-order valence-corrected chi connectivity index (χ0v) is 16.6. The van der Waals surface area contributed by atoms with Crippen LogP contribution in [0.4, 0.5) is 19.1 Å². The molecule has 0 aliphatic carbocycles. The maximum Gasteiger partial charge on any atom is 0.490 e. The molecule has 2 aliphatic rings. The third-order valence-electron chi connectivity index (χ3n) is 4.71. The molecule has 0 aromatic carbocycles. The second kappa shape index (κ2) is 10.0. The number of hydrogen-bond donors (Lipinski definition) is 2. The molecule has 1 unspecified atom stereocenters. The van der Waals surface area contributed by atoms with E-state index in [2.05, 4.69) is 30.0 Å². The number of aliphatic carboxylic acids is 1. The normalized spacial score (nSPS) is 22.5. The fourth-order valence-electron chi connectivity index (χ4n) is 3.39. The molecule has 2 aromatic heterocycles. The van der Waals surface area contributed by atoms with Gasteiger partial charge in [0.05, 0.1) is 26.4 Å². The van der Waals surface area contributed by atoms with Gasteiger partial charge < -0.3 is 19.5 Å². The second-order valence-electron chi connectivity index (χ2n) is 7.15. The molecule has 0 amide bonds. The number of nitrogens with zero attached hydrogens (tertiary/aromatic N) is 5. The first kappa shape index (κ1) is 22.9. The SMILES string of the molecule is O=C(O)C(F)(F)F.c1cnc(N2CCOC3(COCCN(Cc4ccn[nH]4)C3)C2)nc1. The van der Waals surface area contributed by atoms with Gasteiger partial charge in [0.2, 0.25) is 5.95 Å². The van der Waals surface area contributed by atoms with Crippen molar-refractivity contribution in [2.24, 2.45) is 0 Å². The Labute approximate surface area is 176 Å². The minimum absolute atomic E-state index is 0.353. The maximum atomic E-state index is 10.6. The van der Waals surface area contributed by atoms with E-state index >= 15 is 0 Å². The van der Waals surface area contributed by atoms with Crippen LogP contribution in [0, 0.1) is 0 Å². The van der Waals surface area contributed by atoms with Gasteiger partial charge in [-0.3, -0.25) is 10.00 Å². The van der Waals surface area contributed by atoms with Crippen molar-refractivity contribution in [2.45, 2.75) is 18.3 Å². The van der Waals surface area contributed by atoms with Crippen LogP contribution < -0.4 is 4.90 Å². The smallest absolute Gasteiger partial charge is 0.475 e. The molecule has 0 bridgehead atoms. The quantitative estimate of drug-likeness (QED) is 0.713. The molecule has 31 heavy (non-hydrogen) atoms. The van der Waals surface area contributed by atoms with Gasteiger partial charge in [0, 0.05) is 50.5 Å². The zero-order valence-electron chi connectivity index (χ0n) is 16.6.